The molecule has 0 spiro atoms. The zero-order chi connectivity index (χ0) is 16.7. The third kappa shape index (κ3) is 5.97. The van der Waals surface area contributed by atoms with Crippen molar-refractivity contribution in [2.24, 2.45) is 11.7 Å². The molecule has 1 rings (SSSR count). The molecule has 3 N–H and O–H groups in total. The van der Waals surface area contributed by atoms with Crippen LogP contribution in [0.25, 0.3) is 6.08 Å². The zero-order valence-corrected chi connectivity index (χ0v) is 13.0. The molecule has 118 valence electrons. The van der Waals surface area contributed by atoms with Gasteiger partial charge in [0.25, 0.3) is 5.91 Å². The van der Waals surface area contributed by atoms with E-state index in [2.05, 4.69) is 0 Å². The van der Waals surface area contributed by atoms with Gasteiger partial charge in [0.05, 0.1) is 0 Å². The van der Waals surface area contributed by atoms with Gasteiger partial charge in [-0.05, 0) is 29.7 Å². The second-order valence-electron chi connectivity index (χ2n) is 4.84. The number of hydrogen-bond donors (Lipinski definition) is 2. The van der Waals surface area contributed by atoms with Crippen molar-refractivity contribution in [2.45, 2.75) is 20.0 Å². The molecule has 0 saturated heterocycles. The molecular weight excluding hydrogens is 308 g/mol. The molecule has 0 aliphatic heterocycles. The molecule has 22 heavy (non-hydrogen) atoms. The minimum Gasteiger partial charge on any atom is -0.449 e. The van der Waals surface area contributed by atoms with E-state index in [1.807, 2.05) is 5.32 Å². The van der Waals surface area contributed by atoms with Crippen molar-refractivity contribution in [1.29, 1.82) is 0 Å². The molecular formula is C15H17ClN2O4. The van der Waals surface area contributed by atoms with Crippen molar-refractivity contribution in [3.63, 3.8) is 0 Å². The highest BCUT2D eigenvalue weighted by Crippen LogP contribution is 2.12. The van der Waals surface area contributed by atoms with Gasteiger partial charge in [-0.25, -0.2) is 9.59 Å². The first-order chi connectivity index (χ1) is 10.3. The summed E-state index contributed by atoms with van der Waals surface area (Å²) in [7, 11) is 0. The SMILES string of the molecule is CC(C)[C@H](OC(=O)/C=C/c1ccc(Cl)cc1)C(=O)NC(N)=O. The molecule has 1 atom stereocenters. The molecule has 0 aliphatic rings. The summed E-state index contributed by atoms with van der Waals surface area (Å²) in [6, 6.07) is 5.83. The van der Waals surface area contributed by atoms with E-state index in [1.165, 1.54) is 12.2 Å². The molecule has 0 aromatic heterocycles. The summed E-state index contributed by atoms with van der Waals surface area (Å²) in [5.74, 6) is -1.77. The zero-order valence-electron chi connectivity index (χ0n) is 12.2. The van der Waals surface area contributed by atoms with Crippen molar-refractivity contribution in [3.8, 4) is 0 Å². The van der Waals surface area contributed by atoms with E-state index in [9.17, 15) is 14.4 Å². The number of carbonyl (C=O) groups is 3. The van der Waals surface area contributed by atoms with Crippen LogP contribution in [-0.2, 0) is 14.3 Å². The summed E-state index contributed by atoms with van der Waals surface area (Å²) < 4.78 is 5.05. The van der Waals surface area contributed by atoms with Gasteiger partial charge in [0, 0.05) is 11.1 Å². The van der Waals surface area contributed by atoms with Crippen LogP contribution in [0.2, 0.25) is 5.02 Å². The van der Waals surface area contributed by atoms with Gasteiger partial charge in [-0.15, -0.1) is 0 Å². The predicted octanol–water partition coefficient (Wildman–Crippen LogP) is 2.12. The Morgan fingerprint density at radius 2 is 1.82 bits per heavy atom. The van der Waals surface area contributed by atoms with Crippen molar-refractivity contribution in [3.05, 3.63) is 40.9 Å². The van der Waals surface area contributed by atoms with E-state index >= 15 is 0 Å². The molecule has 0 saturated carbocycles. The summed E-state index contributed by atoms with van der Waals surface area (Å²) in [6.07, 6.45) is 1.62. The first kappa shape index (κ1) is 17.7. The number of amides is 3. The number of benzene rings is 1. The second-order valence-corrected chi connectivity index (χ2v) is 5.28. The van der Waals surface area contributed by atoms with Crippen LogP contribution in [0, 0.1) is 5.92 Å². The fourth-order valence-electron chi connectivity index (χ4n) is 1.59. The number of nitrogens with one attached hydrogen (secondary N) is 1. The molecule has 0 radical (unpaired) electrons. The first-order valence-corrected chi connectivity index (χ1v) is 6.92. The van der Waals surface area contributed by atoms with Crippen LogP contribution in [0.4, 0.5) is 4.79 Å². The molecule has 0 aliphatic carbocycles. The summed E-state index contributed by atoms with van der Waals surface area (Å²) in [5.41, 5.74) is 5.63. The number of halogens is 1. The summed E-state index contributed by atoms with van der Waals surface area (Å²) in [4.78, 5) is 34.2. The molecule has 1 aromatic rings. The number of rotatable bonds is 5. The van der Waals surface area contributed by atoms with Gasteiger partial charge in [-0.3, -0.25) is 10.1 Å². The highest BCUT2D eigenvalue weighted by molar-refractivity contribution is 6.30. The van der Waals surface area contributed by atoms with Gasteiger partial charge in [0.1, 0.15) is 0 Å². The number of esters is 1. The van der Waals surface area contributed by atoms with Crippen LogP contribution >= 0.6 is 11.6 Å². The lowest BCUT2D eigenvalue weighted by Gasteiger charge is -2.18. The molecule has 0 fully saturated rings. The van der Waals surface area contributed by atoms with E-state index in [-0.39, 0.29) is 5.92 Å². The van der Waals surface area contributed by atoms with Gasteiger partial charge in [-0.1, -0.05) is 37.6 Å². The Bertz CT molecular complexity index is 582. The van der Waals surface area contributed by atoms with Gasteiger partial charge in [-0.2, -0.15) is 0 Å². The van der Waals surface area contributed by atoms with E-state index in [1.54, 1.807) is 38.1 Å². The Kier molecular flexibility index (Phi) is 6.59. The van der Waals surface area contributed by atoms with Gasteiger partial charge in [0.2, 0.25) is 0 Å². The summed E-state index contributed by atoms with van der Waals surface area (Å²) in [5, 5.41) is 2.48. The third-order valence-corrected chi connectivity index (χ3v) is 2.89. The smallest absolute Gasteiger partial charge is 0.331 e. The van der Waals surface area contributed by atoms with E-state index in [0.29, 0.717) is 5.02 Å². The number of nitrogens with two attached hydrogens (primary N) is 1. The number of primary amides is 1. The number of urea groups is 1. The quantitative estimate of drug-likeness (QED) is 0.640. The third-order valence-electron chi connectivity index (χ3n) is 2.64. The molecule has 0 unspecified atom stereocenters. The van der Waals surface area contributed by atoms with Gasteiger partial charge < -0.3 is 10.5 Å². The Balaban J connectivity index is 2.69. The normalized spacial score (nSPS) is 12.2. The molecule has 0 heterocycles. The monoisotopic (exact) mass is 324 g/mol. The average Bonchev–Trinajstić information content (AvgIpc) is 2.43. The van der Waals surface area contributed by atoms with Crippen molar-refractivity contribution in [1.82, 2.24) is 5.32 Å². The molecule has 7 heteroatoms. The Morgan fingerprint density at radius 1 is 1.23 bits per heavy atom. The maximum absolute atomic E-state index is 11.8. The van der Waals surface area contributed by atoms with Crippen LogP contribution in [-0.4, -0.2) is 24.0 Å². The minimum absolute atomic E-state index is 0.313. The van der Waals surface area contributed by atoms with E-state index < -0.39 is 24.0 Å². The van der Waals surface area contributed by atoms with Crippen LogP contribution in [0.3, 0.4) is 0 Å². The largest absolute Gasteiger partial charge is 0.449 e. The number of hydrogen-bond acceptors (Lipinski definition) is 4. The van der Waals surface area contributed by atoms with Crippen molar-refractivity contribution >= 4 is 35.6 Å². The number of carbonyl (C=O) groups excluding carboxylic acids is 3. The molecule has 1 aromatic carbocycles. The lowest BCUT2D eigenvalue weighted by molar-refractivity contribution is -0.153. The van der Waals surface area contributed by atoms with E-state index in [4.69, 9.17) is 22.1 Å². The predicted molar refractivity (Wildman–Crippen MR) is 82.9 cm³/mol. The lowest BCUT2D eigenvalue weighted by Crippen LogP contribution is -2.45. The van der Waals surface area contributed by atoms with Crippen molar-refractivity contribution in [2.75, 3.05) is 0 Å². The topological polar surface area (TPSA) is 98.5 Å². The summed E-state index contributed by atoms with van der Waals surface area (Å²) in [6.45, 7) is 3.36. The van der Waals surface area contributed by atoms with Gasteiger partial charge >= 0.3 is 12.0 Å². The maximum Gasteiger partial charge on any atom is 0.331 e. The van der Waals surface area contributed by atoms with Crippen molar-refractivity contribution < 1.29 is 19.1 Å². The highest BCUT2D eigenvalue weighted by Gasteiger charge is 2.26. The fraction of sp³-hybridized carbons (Fsp3) is 0.267. The molecule has 0 bridgehead atoms. The Morgan fingerprint density at radius 3 is 2.32 bits per heavy atom. The van der Waals surface area contributed by atoms with Crippen LogP contribution in [0.15, 0.2) is 30.3 Å². The summed E-state index contributed by atoms with van der Waals surface area (Å²) >= 11 is 5.76. The van der Waals surface area contributed by atoms with Gasteiger partial charge in [0.15, 0.2) is 6.10 Å². The molecule has 3 amide bonds. The Hall–Kier alpha value is -2.34. The lowest BCUT2D eigenvalue weighted by atomic mass is 10.1. The molecule has 6 nitrogen and oxygen atoms in total. The average molecular weight is 325 g/mol. The minimum atomic E-state index is -1.10. The standard InChI is InChI=1S/C15H17ClN2O4/c1-9(2)13(14(20)18-15(17)21)22-12(19)8-5-10-3-6-11(16)7-4-10/h3-9,13H,1-2H3,(H3,17,18,20,21)/b8-5+/t13-/m0/s1. The van der Waals surface area contributed by atoms with E-state index in [0.717, 1.165) is 5.56 Å². The number of ether oxygens (including phenoxy) is 1. The van der Waals surface area contributed by atoms with Crippen LogP contribution < -0.4 is 11.1 Å². The highest BCUT2D eigenvalue weighted by atomic mass is 35.5. The first-order valence-electron chi connectivity index (χ1n) is 6.54. The van der Waals surface area contributed by atoms with Crippen LogP contribution in [0.5, 0.6) is 0 Å². The van der Waals surface area contributed by atoms with Crippen LogP contribution in [0.1, 0.15) is 19.4 Å². The maximum atomic E-state index is 11.8. The second kappa shape index (κ2) is 8.19. The fourth-order valence-corrected chi connectivity index (χ4v) is 1.71. The number of imide groups is 1. The Labute approximate surface area is 133 Å².